The molecule has 96 valence electrons. The van der Waals surface area contributed by atoms with Gasteiger partial charge in [-0.25, -0.2) is 8.42 Å². The molecule has 0 aliphatic heterocycles. The maximum Gasteiger partial charge on any atom is 0.150 e. The van der Waals surface area contributed by atoms with Crippen LogP contribution in [-0.4, -0.2) is 26.0 Å². The lowest BCUT2D eigenvalue weighted by atomic mass is 9.82. The second kappa shape index (κ2) is 6.01. The topological polar surface area (TPSA) is 60.2 Å². The summed E-state index contributed by atoms with van der Waals surface area (Å²) in [6, 6.07) is 0.199. The third kappa shape index (κ3) is 4.06. The molecule has 3 atom stereocenters. The van der Waals surface area contributed by atoms with E-state index >= 15 is 0 Å². The minimum Gasteiger partial charge on any atom is -0.327 e. The number of hydrogen-bond acceptors (Lipinski definition) is 3. The van der Waals surface area contributed by atoms with Gasteiger partial charge in [-0.1, -0.05) is 26.2 Å². The highest BCUT2D eigenvalue weighted by atomic mass is 32.2. The van der Waals surface area contributed by atoms with Crippen LogP contribution in [0.25, 0.3) is 0 Å². The number of rotatable bonds is 5. The van der Waals surface area contributed by atoms with Gasteiger partial charge in [-0.3, -0.25) is 0 Å². The van der Waals surface area contributed by atoms with Crippen molar-refractivity contribution in [1.29, 1.82) is 0 Å². The van der Waals surface area contributed by atoms with Gasteiger partial charge in [-0.15, -0.1) is 0 Å². The SMILES string of the molecule is CCCCC(N)C1CCCC(S(C)(=O)=O)C1. The van der Waals surface area contributed by atoms with E-state index in [-0.39, 0.29) is 11.3 Å². The monoisotopic (exact) mass is 247 g/mol. The van der Waals surface area contributed by atoms with Crippen molar-refractivity contribution in [3.05, 3.63) is 0 Å². The number of hydrogen-bond donors (Lipinski definition) is 1. The van der Waals surface area contributed by atoms with Crippen molar-refractivity contribution in [3.8, 4) is 0 Å². The molecule has 2 N–H and O–H groups in total. The van der Waals surface area contributed by atoms with Gasteiger partial charge in [0.05, 0.1) is 5.25 Å². The first-order valence-electron chi connectivity index (χ1n) is 6.39. The van der Waals surface area contributed by atoms with Crippen LogP contribution < -0.4 is 5.73 Å². The molecule has 0 radical (unpaired) electrons. The Morgan fingerprint density at radius 1 is 1.38 bits per heavy atom. The summed E-state index contributed by atoms with van der Waals surface area (Å²) < 4.78 is 23.1. The maximum absolute atomic E-state index is 11.5. The molecule has 16 heavy (non-hydrogen) atoms. The summed E-state index contributed by atoms with van der Waals surface area (Å²) in [5, 5.41) is -0.140. The quantitative estimate of drug-likeness (QED) is 0.809. The molecule has 3 unspecified atom stereocenters. The minimum atomic E-state index is -2.87. The molecule has 1 aliphatic carbocycles. The van der Waals surface area contributed by atoms with Crippen molar-refractivity contribution in [2.24, 2.45) is 11.7 Å². The van der Waals surface area contributed by atoms with E-state index in [1.54, 1.807) is 0 Å². The van der Waals surface area contributed by atoms with Crippen LogP contribution >= 0.6 is 0 Å². The summed E-state index contributed by atoms with van der Waals surface area (Å²) in [5.41, 5.74) is 6.15. The second-order valence-corrected chi connectivity index (χ2v) is 7.51. The summed E-state index contributed by atoms with van der Waals surface area (Å²) in [6.45, 7) is 2.16. The van der Waals surface area contributed by atoms with Gasteiger partial charge in [0.25, 0.3) is 0 Å². The van der Waals surface area contributed by atoms with Crippen LogP contribution in [0.2, 0.25) is 0 Å². The first-order chi connectivity index (χ1) is 7.45. The Morgan fingerprint density at radius 3 is 2.62 bits per heavy atom. The Labute approximate surface area is 99.7 Å². The molecule has 1 fully saturated rings. The second-order valence-electron chi connectivity index (χ2n) is 5.18. The van der Waals surface area contributed by atoms with Crippen LogP contribution in [0.15, 0.2) is 0 Å². The maximum atomic E-state index is 11.5. The van der Waals surface area contributed by atoms with E-state index in [9.17, 15) is 8.42 Å². The van der Waals surface area contributed by atoms with Gasteiger partial charge >= 0.3 is 0 Å². The third-order valence-electron chi connectivity index (χ3n) is 3.77. The van der Waals surface area contributed by atoms with Crippen molar-refractivity contribution in [3.63, 3.8) is 0 Å². The summed E-state index contributed by atoms with van der Waals surface area (Å²) in [4.78, 5) is 0. The van der Waals surface area contributed by atoms with Crippen LogP contribution in [-0.2, 0) is 9.84 Å². The molecule has 0 heterocycles. The summed E-state index contributed by atoms with van der Waals surface area (Å²) in [7, 11) is -2.87. The lowest BCUT2D eigenvalue weighted by Gasteiger charge is -2.32. The largest absolute Gasteiger partial charge is 0.327 e. The zero-order chi connectivity index (χ0) is 12.2. The van der Waals surface area contributed by atoms with Crippen molar-refractivity contribution in [2.45, 2.75) is 63.2 Å². The highest BCUT2D eigenvalue weighted by Crippen LogP contribution is 2.31. The molecular formula is C12H25NO2S. The van der Waals surface area contributed by atoms with Gasteiger partial charge in [0.2, 0.25) is 0 Å². The highest BCUT2D eigenvalue weighted by molar-refractivity contribution is 7.91. The van der Waals surface area contributed by atoms with Crippen molar-refractivity contribution < 1.29 is 8.42 Å². The Morgan fingerprint density at radius 2 is 2.06 bits per heavy atom. The number of nitrogens with two attached hydrogens (primary N) is 1. The predicted octanol–water partition coefficient (Wildman–Crippen LogP) is 2.11. The zero-order valence-corrected chi connectivity index (χ0v) is 11.3. The first-order valence-corrected chi connectivity index (χ1v) is 8.35. The fraction of sp³-hybridized carbons (Fsp3) is 1.00. The fourth-order valence-electron chi connectivity index (χ4n) is 2.63. The highest BCUT2D eigenvalue weighted by Gasteiger charge is 2.31. The lowest BCUT2D eigenvalue weighted by molar-refractivity contribution is 0.292. The molecule has 0 aromatic rings. The molecule has 1 rings (SSSR count). The summed E-state index contributed by atoms with van der Waals surface area (Å²) in [6.07, 6.45) is 8.45. The first kappa shape index (κ1) is 14.0. The Balaban J connectivity index is 2.50. The van der Waals surface area contributed by atoms with E-state index in [1.165, 1.54) is 6.26 Å². The van der Waals surface area contributed by atoms with Crippen molar-refractivity contribution in [1.82, 2.24) is 0 Å². The molecule has 3 nitrogen and oxygen atoms in total. The van der Waals surface area contributed by atoms with Crippen molar-refractivity contribution >= 4 is 9.84 Å². The number of sulfone groups is 1. The predicted molar refractivity (Wildman–Crippen MR) is 68.1 cm³/mol. The third-order valence-corrected chi connectivity index (χ3v) is 5.41. The molecule has 0 aromatic carbocycles. The molecule has 1 saturated carbocycles. The Kier molecular flexibility index (Phi) is 5.25. The smallest absolute Gasteiger partial charge is 0.150 e. The fourth-order valence-corrected chi connectivity index (χ4v) is 3.83. The van der Waals surface area contributed by atoms with Gasteiger partial charge in [0, 0.05) is 12.3 Å². The van der Waals surface area contributed by atoms with Crippen LogP contribution in [0.5, 0.6) is 0 Å². The van der Waals surface area contributed by atoms with Crippen LogP contribution in [0, 0.1) is 5.92 Å². The van der Waals surface area contributed by atoms with Gasteiger partial charge < -0.3 is 5.73 Å². The molecule has 0 amide bonds. The van der Waals surface area contributed by atoms with Crippen molar-refractivity contribution in [2.75, 3.05) is 6.26 Å². The zero-order valence-electron chi connectivity index (χ0n) is 10.5. The number of unbranched alkanes of at least 4 members (excludes halogenated alkanes) is 1. The normalized spacial score (nSPS) is 28.9. The molecule has 0 saturated heterocycles. The Bertz CT molecular complexity index is 300. The average Bonchev–Trinajstić information content (AvgIpc) is 2.25. The molecule has 1 aliphatic rings. The van der Waals surface area contributed by atoms with Gasteiger partial charge in [0.1, 0.15) is 9.84 Å². The van der Waals surface area contributed by atoms with E-state index in [1.807, 2.05) is 0 Å². The Hall–Kier alpha value is -0.0900. The van der Waals surface area contributed by atoms with E-state index in [2.05, 4.69) is 6.92 Å². The molecular weight excluding hydrogens is 222 g/mol. The molecule has 0 aromatic heterocycles. The lowest BCUT2D eigenvalue weighted by Crippen LogP contribution is -2.37. The van der Waals surface area contributed by atoms with E-state index in [4.69, 9.17) is 5.73 Å². The van der Waals surface area contributed by atoms with Crippen LogP contribution in [0.3, 0.4) is 0 Å². The van der Waals surface area contributed by atoms with E-state index < -0.39 is 9.84 Å². The van der Waals surface area contributed by atoms with Crippen LogP contribution in [0.1, 0.15) is 51.9 Å². The summed E-state index contributed by atoms with van der Waals surface area (Å²) in [5.74, 6) is 0.417. The van der Waals surface area contributed by atoms with Gasteiger partial charge in [0.15, 0.2) is 0 Å². The average molecular weight is 247 g/mol. The molecule has 0 bridgehead atoms. The minimum absolute atomic E-state index is 0.140. The standard InChI is InChI=1S/C12H25NO2S/c1-3-4-8-12(13)10-6-5-7-11(9-10)16(2,14)15/h10-12H,3-9,13H2,1-2H3. The molecule has 4 heteroatoms. The van der Waals surface area contributed by atoms with E-state index in [0.717, 1.165) is 44.9 Å². The summed E-state index contributed by atoms with van der Waals surface area (Å²) >= 11 is 0. The van der Waals surface area contributed by atoms with Gasteiger partial charge in [-0.05, 0) is 31.6 Å². The van der Waals surface area contributed by atoms with Gasteiger partial charge in [-0.2, -0.15) is 0 Å². The van der Waals surface area contributed by atoms with E-state index in [0.29, 0.717) is 5.92 Å². The molecule has 0 spiro atoms. The van der Waals surface area contributed by atoms with Crippen LogP contribution in [0.4, 0.5) is 0 Å².